The molecule has 2 aromatic rings. The van der Waals surface area contributed by atoms with E-state index in [0.29, 0.717) is 38.2 Å². The fourth-order valence-electron chi connectivity index (χ4n) is 3.15. The number of nitro groups is 1. The number of hydrogen-bond acceptors (Lipinski definition) is 7. The van der Waals surface area contributed by atoms with E-state index >= 15 is 0 Å². The molecule has 1 atom stereocenters. The van der Waals surface area contributed by atoms with Crippen LogP contribution in [-0.2, 0) is 19.1 Å². The Balaban J connectivity index is 1.46. The second kappa shape index (κ2) is 9.41. The van der Waals surface area contributed by atoms with Crippen LogP contribution in [0, 0.1) is 10.1 Å². The number of fused-ring (bicyclic) bond motifs is 1. The van der Waals surface area contributed by atoms with E-state index in [-0.39, 0.29) is 25.0 Å². The van der Waals surface area contributed by atoms with Gasteiger partial charge < -0.3 is 20.0 Å². The number of halogens is 3. The molecule has 0 fully saturated rings. The van der Waals surface area contributed by atoms with Gasteiger partial charge in [-0.25, -0.2) is 0 Å². The number of β-amino-alcohol motifs (C(OH)–C–C–N with tert-alkyl or cyclic N) is 1. The summed E-state index contributed by atoms with van der Waals surface area (Å²) < 4.78 is 45.3. The molecule has 0 aliphatic carbocycles. The summed E-state index contributed by atoms with van der Waals surface area (Å²) in [5, 5.41) is 23.9. The molecule has 9 nitrogen and oxygen atoms in total. The van der Waals surface area contributed by atoms with Gasteiger partial charge >= 0.3 is 18.0 Å². The predicted molar refractivity (Wildman–Crippen MR) is 100.0 cm³/mol. The number of benzene rings is 1. The number of alkyl halides is 3. The number of nitrogens with one attached hydrogen (secondary N) is 1. The Hall–Kier alpha value is -2.70. The lowest BCUT2D eigenvalue weighted by atomic mass is 10.1. The standard InChI is InChI=1S/C18H22F3N5O4/c19-18(20,21)14-3-1-2-13(10-14)4-5-22-16(27)12-24-6-7-25-11-15(26(28)29)23-17(25)30-9-8-24/h1-3,10-11,16,22,27H,4-9,12H2. The second-order valence-corrected chi connectivity index (χ2v) is 6.90. The molecule has 3 rings (SSSR count). The van der Waals surface area contributed by atoms with Gasteiger partial charge in [0.05, 0.1) is 5.56 Å². The SMILES string of the molecule is O=[N+]([O-])c1cn2c(n1)OCCN(CC(O)NCCc1cccc(C(F)(F)F)c1)CC2. The van der Waals surface area contributed by atoms with Crippen LogP contribution in [0.15, 0.2) is 30.5 Å². The van der Waals surface area contributed by atoms with Gasteiger partial charge in [-0.05, 0) is 23.0 Å². The summed E-state index contributed by atoms with van der Waals surface area (Å²) in [5.74, 6) is -0.283. The predicted octanol–water partition coefficient (Wildman–Crippen LogP) is 1.66. The maximum atomic E-state index is 12.8. The number of ether oxygens (including phenoxy) is 1. The molecule has 0 radical (unpaired) electrons. The average Bonchev–Trinajstić information content (AvgIpc) is 3.06. The van der Waals surface area contributed by atoms with E-state index in [1.807, 2.05) is 4.90 Å². The fourth-order valence-corrected chi connectivity index (χ4v) is 3.15. The molecule has 0 spiro atoms. The van der Waals surface area contributed by atoms with Crippen LogP contribution in [-0.4, -0.2) is 63.5 Å². The summed E-state index contributed by atoms with van der Waals surface area (Å²) in [5.41, 5.74) is -0.168. The van der Waals surface area contributed by atoms with Crippen molar-refractivity contribution in [2.24, 2.45) is 0 Å². The molecular formula is C18H22F3N5O4. The maximum Gasteiger partial charge on any atom is 0.416 e. The number of imidazole rings is 1. The Morgan fingerprint density at radius 2 is 2.13 bits per heavy atom. The summed E-state index contributed by atoms with van der Waals surface area (Å²) in [4.78, 5) is 16.0. The van der Waals surface area contributed by atoms with Crippen molar-refractivity contribution in [1.82, 2.24) is 19.8 Å². The smallest absolute Gasteiger partial charge is 0.416 e. The van der Waals surface area contributed by atoms with Crippen molar-refractivity contribution < 1.29 is 27.9 Å². The van der Waals surface area contributed by atoms with Gasteiger partial charge in [-0.15, -0.1) is 0 Å². The topological polar surface area (TPSA) is 106 Å². The lowest BCUT2D eigenvalue weighted by Gasteiger charge is -2.27. The van der Waals surface area contributed by atoms with E-state index in [0.717, 1.165) is 12.1 Å². The second-order valence-electron chi connectivity index (χ2n) is 6.90. The normalized spacial score (nSPS) is 16.3. The van der Waals surface area contributed by atoms with Gasteiger partial charge in [-0.3, -0.25) is 14.8 Å². The highest BCUT2D eigenvalue weighted by molar-refractivity contribution is 5.26. The third kappa shape index (κ3) is 5.90. The Bertz CT molecular complexity index is 874. The lowest BCUT2D eigenvalue weighted by Crippen LogP contribution is -2.44. The number of aliphatic hydroxyl groups is 1. The Morgan fingerprint density at radius 1 is 1.33 bits per heavy atom. The fraction of sp³-hybridized carbons (Fsp3) is 0.500. The number of aliphatic hydroxyl groups excluding tert-OH is 1. The number of nitrogens with zero attached hydrogens (tertiary/aromatic N) is 4. The monoisotopic (exact) mass is 429 g/mol. The van der Waals surface area contributed by atoms with E-state index in [2.05, 4.69) is 10.3 Å². The van der Waals surface area contributed by atoms with Crippen LogP contribution in [0.4, 0.5) is 19.0 Å². The van der Waals surface area contributed by atoms with E-state index in [1.54, 1.807) is 10.6 Å². The van der Waals surface area contributed by atoms with Gasteiger partial charge in [-0.1, -0.05) is 18.2 Å². The first-order valence-electron chi connectivity index (χ1n) is 9.36. The molecule has 2 heterocycles. The number of rotatable bonds is 7. The molecule has 1 unspecified atom stereocenters. The minimum Gasteiger partial charge on any atom is -0.444 e. The molecule has 30 heavy (non-hydrogen) atoms. The zero-order chi connectivity index (χ0) is 21.7. The van der Waals surface area contributed by atoms with Crippen LogP contribution < -0.4 is 10.1 Å². The van der Waals surface area contributed by atoms with E-state index in [1.165, 1.54) is 12.3 Å². The van der Waals surface area contributed by atoms with Gasteiger partial charge in [0.2, 0.25) is 0 Å². The van der Waals surface area contributed by atoms with Crippen LogP contribution in [0.25, 0.3) is 0 Å². The molecule has 0 amide bonds. The van der Waals surface area contributed by atoms with Crippen LogP contribution >= 0.6 is 0 Å². The van der Waals surface area contributed by atoms with Crippen molar-refractivity contribution >= 4 is 5.82 Å². The summed E-state index contributed by atoms with van der Waals surface area (Å²) in [6, 6.07) is 5.30. The van der Waals surface area contributed by atoms with Crippen LogP contribution in [0.2, 0.25) is 0 Å². The van der Waals surface area contributed by atoms with Crippen LogP contribution in [0.3, 0.4) is 0 Å². The minimum atomic E-state index is -4.38. The van der Waals surface area contributed by atoms with Gasteiger partial charge in [0.15, 0.2) is 0 Å². The molecule has 0 saturated carbocycles. The maximum absolute atomic E-state index is 12.8. The van der Waals surface area contributed by atoms with E-state index in [4.69, 9.17) is 4.74 Å². The summed E-state index contributed by atoms with van der Waals surface area (Å²) in [7, 11) is 0. The van der Waals surface area contributed by atoms with Crippen molar-refractivity contribution in [3.8, 4) is 6.01 Å². The first kappa shape index (κ1) is 22.0. The van der Waals surface area contributed by atoms with Crippen molar-refractivity contribution in [3.05, 3.63) is 51.7 Å². The minimum absolute atomic E-state index is 0.195. The van der Waals surface area contributed by atoms with Gasteiger partial charge in [-0.2, -0.15) is 13.2 Å². The van der Waals surface area contributed by atoms with Crippen LogP contribution in [0.1, 0.15) is 11.1 Å². The molecule has 0 saturated heterocycles. The molecule has 164 valence electrons. The molecule has 1 aromatic carbocycles. The summed E-state index contributed by atoms with van der Waals surface area (Å²) in [6.07, 6.45) is -3.62. The zero-order valence-corrected chi connectivity index (χ0v) is 16.0. The average molecular weight is 429 g/mol. The Kier molecular flexibility index (Phi) is 6.90. The Morgan fingerprint density at radius 3 is 2.87 bits per heavy atom. The van der Waals surface area contributed by atoms with E-state index < -0.39 is 22.9 Å². The largest absolute Gasteiger partial charge is 0.444 e. The van der Waals surface area contributed by atoms with Crippen molar-refractivity contribution in [2.45, 2.75) is 25.4 Å². The van der Waals surface area contributed by atoms with Gasteiger partial charge in [0, 0.05) is 37.7 Å². The highest BCUT2D eigenvalue weighted by atomic mass is 19.4. The first-order valence-corrected chi connectivity index (χ1v) is 9.36. The summed E-state index contributed by atoms with van der Waals surface area (Å²) >= 11 is 0. The molecule has 0 bridgehead atoms. The molecule has 1 aliphatic rings. The van der Waals surface area contributed by atoms with Crippen molar-refractivity contribution in [2.75, 3.05) is 32.8 Å². The molecule has 12 heteroatoms. The van der Waals surface area contributed by atoms with Crippen molar-refractivity contribution in [3.63, 3.8) is 0 Å². The number of aromatic nitrogens is 2. The van der Waals surface area contributed by atoms with Gasteiger partial charge in [0.25, 0.3) is 0 Å². The summed E-state index contributed by atoms with van der Waals surface area (Å²) in [6.45, 7) is 2.27. The lowest BCUT2D eigenvalue weighted by molar-refractivity contribution is -0.389. The van der Waals surface area contributed by atoms with E-state index in [9.17, 15) is 28.4 Å². The third-order valence-electron chi connectivity index (χ3n) is 4.69. The number of hydrogen-bond donors (Lipinski definition) is 2. The highest BCUT2D eigenvalue weighted by Crippen LogP contribution is 2.29. The van der Waals surface area contributed by atoms with Crippen LogP contribution in [0.5, 0.6) is 6.01 Å². The molecule has 2 N–H and O–H groups in total. The van der Waals surface area contributed by atoms with Gasteiger partial charge in [0.1, 0.15) is 19.0 Å². The molecule has 1 aliphatic heterocycles. The van der Waals surface area contributed by atoms with Crippen molar-refractivity contribution in [1.29, 1.82) is 0 Å². The molecule has 1 aromatic heterocycles. The first-order chi connectivity index (χ1) is 14.2. The zero-order valence-electron chi connectivity index (χ0n) is 16.0. The Labute approximate surface area is 170 Å². The molecular weight excluding hydrogens is 407 g/mol. The highest BCUT2D eigenvalue weighted by Gasteiger charge is 2.30. The third-order valence-corrected chi connectivity index (χ3v) is 4.69. The quantitative estimate of drug-likeness (QED) is 0.392.